The molecule has 1 fully saturated rings. The molecule has 120 valence electrons. The van der Waals surface area contributed by atoms with Gasteiger partial charge in [-0.1, -0.05) is 13.0 Å². The number of nitrogens with zero attached hydrogens (tertiary/aromatic N) is 2. The second-order valence-electron chi connectivity index (χ2n) is 5.49. The van der Waals surface area contributed by atoms with Crippen molar-refractivity contribution in [2.24, 2.45) is 0 Å². The van der Waals surface area contributed by atoms with Crippen molar-refractivity contribution in [3.05, 3.63) is 30.1 Å². The summed E-state index contributed by atoms with van der Waals surface area (Å²) in [6.07, 6.45) is 2.18. The van der Waals surface area contributed by atoms with Gasteiger partial charge in [-0.3, -0.25) is 14.5 Å². The van der Waals surface area contributed by atoms with Gasteiger partial charge < -0.3 is 10.0 Å². The number of benzene rings is 1. The number of hydrogen-bond acceptors (Lipinski definition) is 3. The molecule has 1 N–H and O–H groups in total. The van der Waals surface area contributed by atoms with Gasteiger partial charge >= 0.3 is 5.97 Å². The summed E-state index contributed by atoms with van der Waals surface area (Å²) in [6.45, 7) is 2.89. The maximum atomic E-state index is 13.4. The summed E-state index contributed by atoms with van der Waals surface area (Å²) in [4.78, 5) is 27.0. The van der Waals surface area contributed by atoms with Gasteiger partial charge in [0, 0.05) is 12.2 Å². The number of carbonyl (C=O) groups excluding carboxylic acids is 1. The Bertz CT molecular complexity index is 550. The standard InChI is InChI=1S/C16H21FN2O3/c1-2-8-18(11-15(20)21)14-7-4-9-19(16(14)22)13-6-3-5-12(17)10-13/h3,5-6,10,14H,2,4,7-9,11H2,1H3,(H,20,21). The molecule has 1 heterocycles. The van der Waals surface area contributed by atoms with Gasteiger partial charge in [-0.2, -0.15) is 0 Å². The third-order valence-electron chi connectivity index (χ3n) is 3.82. The van der Waals surface area contributed by atoms with E-state index in [0.717, 1.165) is 12.8 Å². The van der Waals surface area contributed by atoms with Crippen LogP contribution in [0.1, 0.15) is 26.2 Å². The second-order valence-corrected chi connectivity index (χ2v) is 5.49. The van der Waals surface area contributed by atoms with Gasteiger partial charge in [0.15, 0.2) is 0 Å². The Hall–Kier alpha value is -1.95. The van der Waals surface area contributed by atoms with Crippen LogP contribution in [0.5, 0.6) is 0 Å². The van der Waals surface area contributed by atoms with Crippen LogP contribution in [0.4, 0.5) is 10.1 Å². The molecule has 0 saturated carbocycles. The summed E-state index contributed by atoms with van der Waals surface area (Å²) < 4.78 is 13.4. The van der Waals surface area contributed by atoms with Gasteiger partial charge in [-0.25, -0.2) is 4.39 Å². The molecule has 1 atom stereocenters. The zero-order valence-electron chi connectivity index (χ0n) is 12.7. The first-order valence-corrected chi connectivity index (χ1v) is 7.55. The largest absolute Gasteiger partial charge is 0.480 e. The molecule has 2 rings (SSSR count). The first-order chi connectivity index (χ1) is 10.5. The van der Waals surface area contributed by atoms with Crippen LogP contribution in [0.2, 0.25) is 0 Å². The predicted octanol–water partition coefficient (Wildman–Crippen LogP) is 2.12. The van der Waals surface area contributed by atoms with E-state index < -0.39 is 12.0 Å². The topological polar surface area (TPSA) is 60.9 Å². The van der Waals surface area contributed by atoms with Gasteiger partial charge in [0.05, 0.1) is 12.6 Å². The lowest BCUT2D eigenvalue weighted by Crippen LogP contribution is -2.54. The van der Waals surface area contributed by atoms with Gasteiger partial charge in [0.25, 0.3) is 0 Å². The highest BCUT2D eigenvalue weighted by Gasteiger charge is 2.34. The van der Waals surface area contributed by atoms with Gasteiger partial charge in [-0.05, 0) is 44.0 Å². The second kappa shape index (κ2) is 7.35. The fraction of sp³-hybridized carbons (Fsp3) is 0.500. The van der Waals surface area contributed by atoms with E-state index in [0.29, 0.717) is 25.2 Å². The van der Waals surface area contributed by atoms with Crippen LogP contribution in [0.15, 0.2) is 24.3 Å². The van der Waals surface area contributed by atoms with E-state index in [1.165, 1.54) is 12.1 Å². The SMILES string of the molecule is CCCN(CC(=O)O)C1CCCN(c2cccc(F)c2)C1=O. The Balaban J connectivity index is 2.19. The molecule has 1 unspecified atom stereocenters. The Morgan fingerprint density at radius 1 is 1.50 bits per heavy atom. The smallest absolute Gasteiger partial charge is 0.317 e. The number of carboxylic acid groups (broad SMARTS) is 1. The van der Waals surface area contributed by atoms with E-state index in [2.05, 4.69) is 0 Å². The summed E-state index contributed by atoms with van der Waals surface area (Å²) in [6, 6.07) is 5.49. The lowest BCUT2D eigenvalue weighted by molar-refractivity contribution is -0.140. The van der Waals surface area contributed by atoms with Crippen molar-refractivity contribution in [1.29, 1.82) is 0 Å². The molecule has 0 aromatic heterocycles. The monoisotopic (exact) mass is 308 g/mol. The maximum absolute atomic E-state index is 13.4. The molecule has 0 radical (unpaired) electrons. The van der Waals surface area contributed by atoms with Crippen LogP contribution >= 0.6 is 0 Å². The Kier molecular flexibility index (Phi) is 5.49. The number of amides is 1. The Labute approximate surface area is 129 Å². The van der Waals surface area contributed by atoms with Crippen molar-refractivity contribution in [3.63, 3.8) is 0 Å². The summed E-state index contributed by atoms with van der Waals surface area (Å²) in [7, 11) is 0. The number of piperidine rings is 1. The molecule has 1 saturated heterocycles. The zero-order chi connectivity index (χ0) is 16.1. The predicted molar refractivity (Wildman–Crippen MR) is 81.3 cm³/mol. The molecule has 1 aliphatic heterocycles. The van der Waals surface area contributed by atoms with Crippen molar-refractivity contribution in [3.8, 4) is 0 Å². The summed E-state index contributed by atoms with van der Waals surface area (Å²) in [5.74, 6) is -1.47. The van der Waals surface area contributed by atoms with Crippen molar-refractivity contribution in [1.82, 2.24) is 4.90 Å². The van der Waals surface area contributed by atoms with Crippen molar-refractivity contribution >= 4 is 17.6 Å². The van der Waals surface area contributed by atoms with Crippen LogP contribution in [0.3, 0.4) is 0 Å². The molecule has 22 heavy (non-hydrogen) atoms. The zero-order valence-corrected chi connectivity index (χ0v) is 12.7. The molecular weight excluding hydrogens is 287 g/mol. The number of rotatable bonds is 6. The molecular formula is C16H21FN2O3. The average Bonchev–Trinajstić information content (AvgIpc) is 2.46. The number of aliphatic carboxylic acids is 1. The van der Waals surface area contributed by atoms with E-state index in [-0.39, 0.29) is 18.3 Å². The third-order valence-corrected chi connectivity index (χ3v) is 3.82. The number of halogens is 1. The summed E-state index contributed by atoms with van der Waals surface area (Å²) in [5.41, 5.74) is 0.529. The van der Waals surface area contributed by atoms with Gasteiger partial charge in [-0.15, -0.1) is 0 Å². The molecule has 1 aliphatic rings. The van der Waals surface area contributed by atoms with Crippen LogP contribution in [-0.2, 0) is 9.59 Å². The molecule has 1 aromatic rings. The van der Waals surface area contributed by atoms with Gasteiger partial charge in [0.2, 0.25) is 5.91 Å². The number of anilines is 1. The highest BCUT2D eigenvalue weighted by Crippen LogP contribution is 2.24. The minimum absolute atomic E-state index is 0.147. The van der Waals surface area contributed by atoms with Crippen molar-refractivity contribution in [2.45, 2.75) is 32.2 Å². The quantitative estimate of drug-likeness (QED) is 0.874. The maximum Gasteiger partial charge on any atom is 0.317 e. The summed E-state index contributed by atoms with van der Waals surface area (Å²) >= 11 is 0. The van der Waals surface area contributed by atoms with Crippen LogP contribution in [0, 0.1) is 5.82 Å². The number of carboxylic acids is 1. The van der Waals surface area contributed by atoms with E-state index in [1.54, 1.807) is 21.9 Å². The third kappa shape index (κ3) is 3.82. The molecule has 1 amide bonds. The summed E-state index contributed by atoms with van der Waals surface area (Å²) in [5, 5.41) is 9.03. The fourth-order valence-corrected chi connectivity index (χ4v) is 2.90. The molecule has 6 heteroatoms. The molecule has 0 spiro atoms. The van der Waals surface area contributed by atoms with Crippen LogP contribution in [-0.4, -0.2) is 47.6 Å². The van der Waals surface area contributed by atoms with Gasteiger partial charge in [0.1, 0.15) is 5.82 Å². The molecule has 0 aliphatic carbocycles. The number of carbonyl (C=O) groups is 2. The van der Waals surface area contributed by atoms with E-state index in [4.69, 9.17) is 5.11 Å². The van der Waals surface area contributed by atoms with Crippen molar-refractivity contribution < 1.29 is 19.1 Å². The first kappa shape index (κ1) is 16.4. The van der Waals surface area contributed by atoms with Crippen LogP contribution in [0.25, 0.3) is 0 Å². The number of hydrogen-bond donors (Lipinski definition) is 1. The first-order valence-electron chi connectivity index (χ1n) is 7.55. The fourth-order valence-electron chi connectivity index (χ4n) is 2.90. The molecule has 0 bridgehead atoms. The highest BCUT2D eigenvalue weighted by molar-refractivity contribution is 5.98. The Morgan fingerprint density at radius 2 is 2.27 bits per heavy atom. The van der Waals surface area contributed by atoms with E-state index in [1.807, 2.05) is 6.92 Å². The normalized spacial score (nSPS) is 18.8. The lowest BCUT2D eigenvalue weighted by atomic mass is 10.0. The highest BCUT2D eigenvalue weighted by atomic mass is 19.1. The van der Waals surface area contributed by atoms with Crippen LogP contribution < -0.4 is 4.90 Å². The minimum Gasteiger partial charge on any atom is -0.480 e. The lowest BCUT2D eigenvalue weighted by Gasteiger charge is -2.37. The van der Waals surface area contributed by atoms with E-state index in [9.17, 15) is 14.0 Å². The molecule has 1 aromatic carbocycles. The minimum atomic E-state index is -0.941. The van der Waals surface area contributed by atoms with Crippen molar-refractivity contribution in [2.75, 3.05) is 24.5 Å². The average molecular weight is 308 g/mol. The molecule has 5 nitrogen and oxygen atoms in total. The van der Waals surface area contributed by atoms with E-state index >= 15 is 0 Å². The Morgan fingerprint density at radius 3 is 2.91 bits per heavy atom.